The van der Waals surface area contributed by atoms with Gasteiger partial charge in [0.25, 0.3) is 0 Å². The van der Waals surface area contributed by atoms with Crippen molar-refractivity contribution in [3.05, 3.63) is 30.1 Å². The molecule has 2 N–H and O–H groups in total. The zero-order valence-corrected chi connectivity index (χ0v) is 12.5. The molecule has 0 amide bonds. The highest BCUT2D eigenvalue weighted by atomic mass is 32.2. The number of hydrogen-bond acceptors (Lipinski definition) is 4. The minimum Gasteiger partial charge on any atom is -0.325 e. The standard InChI is InChI=1S/C14H22N4S/c1-3-17(4-2)9-10-19-14-12(11-15)18-8-6-5-7-13(18)16-14/h5-8H,3-4,9-11,15H2,1-2H3. The Labute approximate surface area is 119 Å². The number of rotatable bonds is 7. The van der Waals surface area contributed by atoms with E-state index in [-0.39, 0.29) is 0 Å². The van der Waals surface area contributed by atoms with Gasteiger partial charge in [0.2, 0.25) is 0 Å². The topological polar surface area (TPSA) is 46.6 Å². The van der Waals surface area contributed by atoms with Crippen LogP contribution in [0.4, 0.5) is 0 Å². The molecule has 0 aromatic carbocycles. The van der Waals surface area contributed by atoms with Crippen LogP contribution in [0, 0.1) is 0 Å². The van der Waals surface area contributed by atoms with Crippen molar-refractivity contribution >= 4 is 17.4 Å². The van der Waals surface area contributed by atoms with Crippen LogP contribution in [0.1, 0.15) is 19.5 Å². The normalized spacial score (nSPS) is 11.6. The SMILES string of the molecule is CCN(CC)CCSc1nc2ccccn2c1CN. The van der Waals surface area contributed by atoms with E-state index in [2.05, 4.69) is 28.1 Å². The molecule has 0 fully saturated rings. The molecule has 0 bridgehead atoms. The van der Waals surface area contributed by atoms with Crippen LogP contribution in [0.15, 0.2) is 29.4 Å². The van der Waals surface area contributed by atoms with E-state index in [0.29, 0.717) is 6.54 Å². The van der Waals surface area contributed by atoms with Gasteiger partial charge in [-0.15, -0.1) is 11.8 Å². The molecule has 104 valence electrons. The van der Waals surface area contributed by atoms with Gasteiger partial charge in [0.15, 0.2) is 0 Å². The lowest BCUT2D eigenvalue weighted by molar-refractivity contribution is 0.324. The molecule has 5 heteroatoms. The summed E-state index contributed by atoms with van der Waals surface area (Å²) in [5, 5.41) is 1.07. The molecule has 2 aromatic rings. The lowest BCUT2D eigenvalue weighted by Crippen LogP contribution is -2.25. The van der Waals surface area contributed by atoms with E-state index in [4.69, 9.17) is 5.73 Å². The summed E-state index contributed by atoms with van der Waals surface area (Å²) in [5.74, 6) is 1.05. The maximum atomic E-state index is 5.86. The number of nitrogens with zero attached hydrogens (tertiary/aromatic N) is 3. The first kappa shape index (κ1) is 14.4. The molecule has 0 radical (unpaired) electrons. The Morgan fingerprint density at radius 2 is 2.11 bits per heavy atom. The minimum atomic E-state index is 0.527. The Hall–Kier alpha value is -1.04. The van der Waals surface area contributed by atoms with Crippen LogP contribution >= 0.6 is 11.8 Å². The summed E-state index contributed by atoms with van der Waals surface area (Å²) in [7, 11) is 0. The summed E-state index contributed by atoms with van der Waals surface area (Å²) in [5.41, 5.74) is 7.95. The second-order valence-electron chi connectivity index (χ2n) is 4.37. The third kappa shape index (κ3) is 3.29. The molecule has 0 aliphatic heterocycles. The highest BCUT2D eigenvalue weighted by molar-refractivity contribution is 7.99. The van der Waals surface area contributed by atoms with Gasteiger partial charge in [-0.1, -0.05) is 19.9 Å². The summed E-state index contributed by atoms with van der Waals surface area (Å²) in [6.07, 6.45) is 2.03. The Morgan fingerprint density at radius 3 is 2.79 bits per heavy atom. The fraction of sp³-hybridized carbons (Fsp3) is 0.500. The molecule has 2 aromatic heterocycles. The number of aromatic nitrogens is 2. The minimum absolute atomic E-state index is 0.527. The first-order chi connectivity index (χ1) is 9.30. The zero-order valence-electron chi connectivity index (χ0n) is 11.7. The smallest absolute Gasteiger partial charge is 0.138 e. The zero-order chi connectivity index (χ0) is 13.7. The van der Waals surface area contributed by atoms with Crippen LogP contribution in [-0.4, -0.2) is 39.7 Å². The molecule has 4 nitrogen and oxygen atoms in total. The van der Waals surface area contributed by atoms with E-state index in [0.717, 1.165) is 41.8 Å². The molecular weight excluding hydrogens is 256 g/mol. The molecule has 0 atom stereocenters. The molecule has 0 aliphatic carbocycles. The number of fused-ring (bicyclic) bond motifs is 1. The van der Waals surface area contributed by atoms with Crippen LogP contribution in [-0.2, 0) is 6.54 Å². The van der Waals surface area contributed by atoms with E-state index in [1.54, 1.807) is 11.8 Å². The first-order valence-corrected chi connectivity index (χ1v) is 7.79. The van der Waals surface area contributed by atoms with Crippen molar-refractivity contribution < 1.29 is 0 Å². The van der Waals surface area contributed by atoms with Gasteiger partial charge < -0.3 is 15.0 Å². The van der Waals surface area contributed by atoms with Gasteiger partial charge in [0.05, 0.1) is 5.69 Å². The molecular formula is C14H22N4S. The van der Waals surface area contributed by atoms with Crippen LogP contribution in [0.5, 0.6) is 0 Å². The largest absolute Gasteiger partial charge is 0.325 e. The maximum Gasteiger partial charge on any atom is 0.138 e. The maximum absolute atomic E-state index is 5.86. The van der Waals surface area contributed by atoms with Crippen molar-refractivity contribution in [1.29, 1.82) is 0 Å². The molecule has 2 heterocycles. The average molecular weight is 278 g/mol. The predicted octanol–water partition coefficient (Wildman–Crippen LogP) is 2.23. The molecule has 0 saturated heterocycles. The number of pyridine rings is 1. The monoisotopic (exact) mass is 278 g/mol. The number of nitrogens with two attached hydrogens (primary N) is 1. The third-order valence-electron chi connectivity index (χ3n) is 3.33. The van der Waals surface area contributed by atoms with E-state index in [1.807, 2.05) is 24.4 Å². The van der Waals surface area contributed by atoms with Gasteiger partial charge in [-0.05, 0) is 25.2 Å². The Kier molecular flexibility index (Phi) is 5.24. The van der Waals surface area contributed by atoms with Crippen molar-refractivity contribution in [3.63, 3.8) is 0 Å². The fourth-order valence-corrected chi connectivity index (χ4v) is 3.19. The summed E-state index contributed by atoms with van der Waals surface area (Å²) in [6, 6.07) is 6.04. The molecule has 0 saturated carbocycles. The second kappa shape index (κ2) is 6.93. The van der Waals surface area contributed by atoms with Crippen LogP contribution < -0.4 is 5.73 Å². The van der Waals surface area contributed by atoms with Crippen molar-refractivity contribution in [1.82, 2.24) is 14.3 Å². The van der Waals surface area contributed by atoms with Gasteiger partial charge in [-0.2, -0.15) is 0 Å². The molecule has 0 aliphatic rings. The Morgan fingerprint density at radius 1 is 1.32 bits per heavy atom. The number of imidazole rings is 1. The Bertz CT molecular complexity index is 519. The highest BCUT2D eigenvalue weighted by Crippen LogP contribution is 2.23. The molecule has 19 heavy (non-hydrogen) atoms. The molecule has 0 spiro atoms. The fourth-order valence-electron chi connectivity index (χ4n) is 2.14. The van der Waals surface area contributed by atoms with Crippen LogP contribution in [0.2, 0.25) is 0 Å². The van der Waals surface area contributed by atoms with Crippen molar-refractivity contribution in [3.8, 4) is 0 Å². The molecule has 2 rings (SSSR count). The second-order valence-corrected chi connectivity index (χ2v) is 5.46. The van der Waals surface area contributed by atoms with Crippen molar-refractivity contribution in [2.24, 2.45) is 5.73 Å². The first-order valence-electron chi connectivity index (χ1n) is 6.81. The molecule has 0 unspecified atom stereocenters. The summed E-state index contributed by atoms with van der Waals surface area (Å²) in [6.45, 7) is 8.22. The predicted molar refractivity (Wildman–Crippen MR) is 81.6 cm³/mol. The van der Waals surface area contributed by atoms with E-state index < -0.39 is 0 Å². The highest BCUT2D eigenvalue weighted by Gasteiger charge is 2.11. The average Bonchev–Trinajstić information content (AvgIpc) is 2.81. The van der Waals surface area contributed by atoms with Gasteiger partial charge in [-0.3, -0.25) is 0 Å². The van der Waals surface area contributed by atoms with Gasteiger partial charge in [0, 0.05) is 25.0 Å². The van der Waals surface area contributed by atoms with Gasteiger partial charge in [0.1, 0.15) is 10.7 Å². The van der Waals surface area contributed by atoms with Crippen LogP contribution in [0.3, 0.4) is 0 Å². The summed E-state index contributed by atoms with van der Waals surface area (Å²) in [4.78, 5) is 7.08. The summed E-state index contributed by atoms with van der Waals surface area (Å²) < 4.78 is 2.08. The lowest BCUT2D eigenvalue weighted by atomic mass is 10.4. The number of hydrogen-bond donors (Lipinski definition) is 1. The lowest BCUT2D eigenvalue weighted by Gasteiger charge is -2.16. The van der Waals surface area contributed by atoms with Gasteiger partial charge in [-0.25, -0.2) is 4.98 Å². The van der Waals surface area contributed by atoms with E-state index >= 15 is 0 Å². The van der Waals surface area contributed by atoms with Crippen molar-refractivity contribution in [2.45, 2.75) is 25.4 Å². The Balaban J connectivity index is 2.08. The van der Waals surface area contributed by atoms with Gasteiger partial charge >= 0.3 is 0 Å². The van der Waals surface area contributed by atoms with E-state index in [1.165, 1.54) is 0 Å². The van der Waals surface area contributed by atoms with E-state index in [9.17, 15) is 0 Å². The summed E-state index contributed by atoms with van der Waals surface area (Å²) >= 11 is 1.80. The number of thioether (sulfide) groups is 1. The quantitative estimate of drug-likeness (QED) is 0.789. The van der Waals surface area contributed by atoms with Crippen molar-refractivity contribution in [2.75, 3.05) is 25.4 Å². The van der Waals surface area contributed by atoms with Crippen LogP contribution in [0.25, 0.3) is 5.65 Å². The third-order valence-corrected chi connectivity index (χ3v) is 4.31.